The highest BCUT2D eigenvalue weighted by Gasteiger charge is 2.07. The van der Waals surface area contributed by atoms with E-state index in [0.29, 0.717) is 11.3 Å². The van der Waals surface area contributed by atoms with Crippen molar-refractivity contribution >= 4 is 17.0 Å². The van der Waals surface area contributed by atoms with Crippen LogP contribution < -0.4 is 5.73 Å². The van der Waals surface area contributed by atoms with Crippen LogP contribution in [0.3, 0.4) is 0 Å². The molecule has 0 aliphatic rings. The van der Waals surface area contributed by atoms with E-state index in [1.54, 1.807) is 18.3 Å². The fraction of sp³-hybridized carbons (Fsp3) is 0.300. The lowest BCUT2D eigenvalue weighted by atomic mass is 10.1. The Labute approximate surface area is 82.3 Å². The monoisotopic (exact) mass is 192 g/mol. The maximum atomic E-state index is 8.68. The van der Waals surface area contributed by atoms with E-state index in [1.165, 1.54) is 5.56 Å². The molecule has 0 spiro atoms. The molecular weight excluding hydrogens is 180 g/mol. The second-order valence-electron chi connectivity index (χ2n) is 2.78. The van der Waals surface area contributed by atoms with Gasteiger partial charge in [0.1, 0.15) is 0 Å². The largest absolute Gasteiger partial charge is 0.397 e. The average Bonchev–Trinajstić information content (AvgIpc) is 2.62. The fourth-order valence-corrected chi connectivity index (χ4v) is 2.09. The number of aryl methyl sites for hydroxylation is 1. The minimum absolute atomic E-state index is 0.595. The summed E-state index contributed by atoms with van der Waals surface area (Å²) >= 11 is 1.59. The number of nitriles is 1. The second kappa shape index (κ2) is 4.11. The van der Waals surface area contributed by atoms with Gasteiger partial charge in [-0.05, 0) is 30.4 Å². The Kier molecular flexibility index (Phi) is 3.10. The van der Waals surface area contributed by atoms with Crippen molar-refractivity contribution in [3.63, 3.8) is 0 Å². The minimum Gasteiger partial charge on any atom is -0.397 e. The Morgan fingerprint density at radius 3 is 2.92 bits per heavy atom. The number of rotatable bonds is 2. The van der Waals surface area contributed by atoms with E-state index in [1.807, 2.05) is 5.38 Å². The molecule has 0 unspecified atom stereocenters. The smallest absolute Gasteiger partial charge is 0.0966 e. The van der Waals surface area contributed by atoms with Crippen LogP contribution in [0, 0.1) is 11.3 Å². The maximum absolute atomic E-state index is 8.68. The van der Waals surface area contributed by atoms with Crippen molar-refractivity contribution in [2.24, 2.45) is 5.73 Å². The molecule has 0 saturated heterocycles. The lowest BCUT2D eigenvalue weighted by Crippen LogP contribution is -1.99. The molecule has 68 valence electrons. The Balaban J connectivity index is 3.17. The SMILES string of the molecule is CCc1ccsc1/C(N)=C(/C)C#N. The Morgan fingerprint density at radius 1 is 1.69 bits per heavy atom. The van der Waals surface area contributed by atoms with Crippen LogP contribution in [0.4, 0.5) is 0 Å². The van der Waals surface area contributed by atoms with Crippen molar-refractivity contribution in [3.05, 3.63) is 27.5 Å². The van der Waals surface area contributed by atoms with Crippen LogP contribution in [0.2, 0.25) is 0 Å². The zero-order chi connectivity index (χ0) is 9.84. The van der Waals surface area contributed by atoms with Crippen molar-refractivity contribution in [2.75, 3.05) is 0 Å². The summed E-state index contributed by atoms with van der Waals surface area (Å²) in [5, 5.41) is 10.7. The van der Waals surface area contributed by atoms with Crippen molar-refractivity contribution in [2.45, 2.75) is 20.3 Å². The van der Waals surface area contributed by atoms with E-state index in [0.717, 1.165) is 11.3 Å². The first-order valence-electron chi connectivity index (χ1n) is 4.13. The van der Waals surface area contributed by atoms with E-state index < -0.39 is 0 Å². The maximum Gasteiger partial charge on any atom is 0.0966 e. The fourth-order valence-electron chi connectivity index (χ4n) is 1.08. The molecule has 13 heavy (non-hydrogen) atoms. The van der Waals surface area contributed by atoms with Crippen LogP contribution in [0.15, 0.2) is 17.0 Å². The molecule has 1 rings (SSSR count). The van der Waals surface area contributed by atoms with Crippen molar-refractivity contribution in [1.82, 2.24) is 0 Å². The first-order chi connectivity index (χ1) is 6.20. The van der Waals surface area contributed by atoms with Gasteiger partial charge in [-0.3, -0.25) is 0 Å². The van der Waals surface area contributed by atoms with Gasteiger partial charge in [0.25, 0.3) is 0 Å². The molecule has 0 aromatic carbocycles. The Morgan fingerprint density at radius 2 is 2.38 bits per heavy atom. The zero-order valence-electron chi connectivity index (χ0n) is 7.79. The van der Waals surface area contributed by atoms with Crippen molar-refractivity contribution in [1.29, 1.82) is 5.26 Å². The number of nitrogens with zero attached hydrogens (tertiary/aromatic N) is 1. The van der Waals surface area contributed by atoms with Crippen LogP contribution >= 0.6 is 11.3 Å². The summed E-state index contributed by atoms with van der Waals surface area (Å²) in [4.78, 5) is 1.04. The summed E-state index contributed by atoms with van der Waals surface area (Å²) in [5.74, 6) is 0. The summed E-state index contributed by atoms with van der Waals surface area (Å²) in [6.45, 7) is 3.83. The van der Waals surface area contributed by atoms with Crippen LogP contribution in [0.1, 0.15) is 24.3 Å². The molecule has 0 fully saturated rings. The van der Waals surface area contributed by atoms with E-state index in [2.05, 4.69) is 19.1 Å². The summed E-state index contributed by atoms with van der Waals surface area (Å²) in [7, 11) is 0. The molecule has 1 heterocycles. The van der Waals surface area contributed by atoms with Gasteiger partial charge in [0.15, 0.2) is 0 Å². The van der Waals surface area contributed by atoms with Gasteiger partial charge in [-0.25, -0.2) is 0 Å². The molecule has 2 nitrogen and oxygen atoms in total. The number of allylic oxidation sites excluding steroid dienone is 1. The number of thiophene rings is 1. The predicted octanol–water partition coefficient (Wildman–Crippen LogP) is 2.52. The third kappa shape index (κ3) is 1.90. The molecule has 1 aromatic rings. The number of nitrogens with two attached hydrogens (primary N) is 1. The van der Waals surface area contributed by atoms with Gasteiger partial charge in [-0.2, -0.15) is 5.26 Å². The van der Waals surface area contributed by atoms with Gasteiger partial charge in [-0.1, -0.05) is 6.92 Å². The third-order valence-electron chi connectivity index (χ3n) is 1.94. The van der Waals surface area contributed by atoms with Gasteiger partial charge in [0.2, 0.25) is 0 Å². The minimum atomic E-state index is 0.595. The topological polar surface area (TPSA) is 49.8 Å². The molecule has 2 N–H and O–H groups in total. The summed E-state index contributed by atoms with van der Waals surface area (Å²) in [6, 6.07) is 4.12. The van der Waals surface area contributed by atoms with E-state index in [4.69, 9.17) is 11.0 Å². The van der Waals surface area contributed by atoms with Crippen molar-refractivity contribution < 1.29 is 0 Å². The van der Waals surface area contributed by atoms with Crippen LogP contribution in [0.5, 0.6) is 0 Å². The lowest BCUT2D eigenvalue weighted by molar-refractivity contribution is 1.14. The van der Waals surface area contributed by atoms with Crippen LogP contribution in [-0.4, -0.2) is 0 Å². The summed E-state index contributed by atoms with van der Waals surface area (Å²) in [5.41, 5.74) is 8.27. The van der Waals surface area contributed by atoms with E-state index >= 15 is 0 Å². The van der Waals surface area contributed by atoms with Crippen LogP contribution in [0.25, 0.3) is 5.70 Å². The normalized spacial score (nSPS) is 12.1. The highest BCUT2D eigenvalue weighted by molar-refractivity contribution is 7.11. The van der Waals surface area contributed by atoms with Gasteiger partial charge < -0.3 is 5.73 Å². The highest BCUT2D eigenvalue weighted by atomic mass is 32.1. The average molecular weight is 192 g/mol. The van der Waals surface area contributed by atoms with Crippen LogP contribution in [-0.2, 0) is 6.42 Å². The quantitative estimate of drug-likeness (QED) is 0.732. The van der Waals surface area contributed by atoms with Gasteiger partial charge in [0, 0.05) is 0 Å². The Hall–Kier alpha value is -1.27. The molecule has 0 aliphatic carbocycles. The predicted molar refractivity (Wildman–Crippen MR) is 56.1 cm³/mol. The zero-order valence-corrected chi connectivity index (χ0v) is 8.61. The first-order valence-corrected chi connectivity index (χ1v) is 5.01. The van der Waals surface area contributed by atoms with Crippen molar-refractivity contribution in [3.8, 4) is 6.07 Å². The molecular formula is C10H12N2S. The second-order valence-corrected chi connectivity index (χ2v) is 3.70. The third-order valence-corrected chi connectivity index (χ3v) is 2.93. The molecule has 0 amide bonds. The number of hydrogen-bond acceptors (Lipinski definition) is 3. The summed E-state index contributed by atoms with van der Waals surface area (Å²) in [6.07, 6.45) is 0.957. The van der Waals surface area contributed by atoms with E-state index in [9.17, 15) is 0 Å². The van der Waals surface area contributed by atoms with Gasteiger partial charge in [-0.15, -0.1) is 11.3 Å². The van der Waals surface area contributed by atoms with Gasteiger partial charge in [0.05, 0.1) is 22.2 Å². The highest BCUT2D eigenvalue weighted by Crippen LogP contribution is 2.24. The number of hydrogen-bond donors (Lipinski definition) is 1. The molecule has 0 radical (unpaired) electrons. The van der Waals surface area contributed by atoms with E-state index in [-0.39, 0.29) is 0 Å². The molecule has 0 aliphatic heterocycles. The molecule has 3 heteroatoms. The molecule has 0 bridgehead atoms. The molecule has 1 aromatic heterocycles. The standard InChI is InChI=1S/C10H12N2S/c1-3-8-4-5-13-10(8)9(12)7(2)6-11/h4-5H,3,12H2,1-2H3/b9-7+. The van der Waals surface area contributed by atoms with Gasteiger partial charge >= 0.3 is 0 Å². The summed E-state index contributed by atoms with van der Waals surface area (Å²) < 4.78 is 0. The first kappa shape index (κ1) is 9.82. The molecule has 0 atom stereocenters. The lowest BCUT2D eigenvalue weighted by Gasteiger charge is -2.01. The Bertz CT molecular complexity index is 369. The molecule has 0 saturated carbocycles.